The molecule has 1 fully saturated rings. The van der Waals surface area contributed by atoms with E-state index in [1.54, 1.807) is 36.3 Å². The molecule has 0 saturated carbocycles. The molecule has 1 saturated heterocycles. The monoisotopic (exact) mass is 455 g/mol. The third-order valence-electron chi connectivity index (χ3n) is 5.37. The number of carbonyl (C=O) groups is 2. The van der Waals surface area contributed by atoms with Crippen LogP contribution in [0.3, 0.4) is 0 Å². The van der Waals surface area contributed by atoms with Gasteiger partial charge < -0.3 is 14.2 Å². The van der Waals surface area contributed by atoms with Crippen molar-refractivity contribution in [3.8, 4) is 5.75 Å². The number of esters is 1. The Labute approximate surface area is 190 Å². The number of rotatable bonds is 7. The van der Waals surface area contributed by atoms with Gasteiger partial charge in [-0.25, -0.2) is 9.78 Å². The minimum absolute atomic E-state index is 0.235. The first-order valence-electron chi connectivity index (χ1n) is 10.3. The molecule has 0 atom stereocenters. The molecule has 168 valence electrons. The Bertz CT molecular complexity index is 1110. The van der Waals surface area contributed by atoms with Crippen molar-refractivity contribution in [1.29, 1.82) is 0 Å². The van der Waals surface area contributed by atoms with E-state index in [4.69, 9.17) is 19.2 Å². The Morgan fingerprint density at radius 1 is 1.12 bits per heavy atom. The maximum Gasteiger partial charge on any atom is 0.338 e. The van der Waals surface area contributed by atoms with Crippen molar-refractivity contribution in [3.05, 3.63) is 53.6 Å². The van der Waals surface area contributed by atoms with Crippen LogP contribution < -0.4 is 9.64 Å². The number of hydrogen-bond donors (Lipinski definition) is 0. The quantitative estimate of drug-likeness (QED) is 0.507. The maximum atomic E-state index is 13.7. The molecule has 0 N–H and O–H groups in total. The van der Waals surface area contributed by atoms with Crippen LogP contribution >= 0.6 is 11.3 Å². The van der Waals surface area contributed by atoms with Gasteiger partial charge in [-0.15, -0.1) is 0 Å². The first-order valence-corrected chi connectivity index (χ1v) is 11.2. The summed E-state index contributed by atoms with van der Waals surface area (Å²) in [7, 11) is 2.92. The Morgan fingerprint density at radius 2 is 1.88 bits per heavy atom. The molecule has 32 heavy (non-hydrogen) atoms. The van der Waals surface area contributed by atoms with Crippen LogP contribution in [-0.2, 0) is 9.47 Å². The molecule has 2 aromatic carbocycles. The summed E-state index contributed by atoms with van der Waals surface area (Å²) in [6.45, 7) is 4.11. The summed E-state index contributed by atoms with van der Waals surface area (Å²) >= 11 is 1.42. The van der Waals surface area contributed by atoms with Crippen LogP contribution in [0.4, 0.5) is 5.13 Å². The Kier molecular flexibility index (Phi) is 6.99. The lowest BCUT2D eigenvalue weighted by molar-refractivity contribution is 0.0390. The smallest absolute Gasteiger partial charge is 0.338 e. The van der Waals surface area contributed by atoms with Gasteiger partial charge in [0.25, 0.3) is 5.91 Å². The summed E-state index contributed by atoms with van der Waals surface area (Å²) in [5, 5.41) is 0.575. The average molecular weight is 456 g/mol. The van der Waals surface area contributed by atoms with Crippen molar-refractivity contribution >= 4 is 38.6 Å². The van der Waals surface area contributed by atoms with Crippen LogP contribution in [0, 0.1) is 0 Å². The summed E-state index contributed by atoms with van der Waals surface area (Å²) in [6, 6.07) is 12.3. The lowest BCUT2D eigenvalue weighted by atomic mass is 10.1. The van der Waals surface area contributed by atoms with Crippen LogP contribution in [-0.4, -0.2) is 75.4 Å². The number of amides is 1. The fourth-order valence-corrected chi connectivity index (χ4v) is 4.61. The Hall–Kier alpha value is -3.01. The molecule has 1 aromatic heterocycles. The maximum absolute atomic E-state index is 13.7. The zero-order chi connectivity index (χ0) is 22.5. The largest absolute Gasteiger partial charge is 0.497 e. The van der Waals surface area contributed by atoms with E-state index in [9.17, 15) is 9.59 Å². The number of aromatic nitrogens is 1. The molecule has 0 spiro atoms. The summed E-state index contributed by atoms with van der Waals surface area (Å²) in [5.41, 5.74) is 1.31. The second-order valence-electron chi connectivity index (χ2n) is 7.28. The standard InChI is InChI=1S/C23H25N3O5S/c1-29-16-7-8-19-20(15-16)32-23(24-19)26(10-9-25-11-13-31-14-12-25)21(27)17-5-3-4-6-18(17)22(28)30-2/h3-8,15H,9-14H2,1-2H3. The van der Waals surface area contributed by atoms with E-state index in [1.807, 2.05) is 18.2 Å². The van der Waals surface area contributed by atoms with E-state index in [0.29, 0.717) is 31.4 Å². The first-order chi connectivity index (χ1) is 15.6. The van der Waals surface area contributed by atoms with E-state index < -0.39 is 5.97 Å². The van der Waals surface area contributed by atoms with Gasteiger partial charge in [0.05, 0.1) is 48.8 Å². The van der Waals surface area contributed by atoms with Gasteiger partial charge in [-0.05, 0) is 30.3 Å². The highest BCUT2D eigenvalue weighted by Crippen LogP contribution is 2.32. The van der Waals surface area contributed by atoms with Crippen molar-refractivity contribution in [1.82, 2.24) is 9.88 Å². The van der Waals surface area contributed by atoms with Crippen molar-refractivity contribution < 1.29 is 23.8 Å². The highest BCUT2D eigenvalue weighted by Gasteiger charge is 2.26. The van der Waals surface area contributed by atoms with Crippen LogP contribution in [0.15, 0.2) is 42.5 Å². The van der Waals surface area contributed by atoms with Gasteiger partial charge in [0, 0.05) is 26.2 Å². The second-order valence-corrected chi connectivity index (χ2v) is 8.29. The molecule has 9 heteroatoms. The van der Waals surface area contributed by atoms with E-state index in [2.05, 4.69) is 4.90 Å². The molecular weight excluding hydrogens is 430 g/mol. The number of fused-ring (bicyclic) bond motifs is 1. The van der Waals surface area contributed by atoms with Gasteiger partial charge in [0.15, 0.2) is 5.13 Å². The zero-order valence-corrected chi connectivity index (χ0v) is 18.9. The number of methoxy groups -OCH3 is 2. The third-order valence-corrected chi connectivity index (χ3v) is 6.41. The van der Waals surface area contributed by atoms with Crippen LogP contribution in [0.1, 0.15) is 20.7 Å². The molecule has 1 amide bonds. The molecule has 3 aromatic rings. The summed E-state index contributed by atoms with van der Waals surface area (Å²) < 4.78 is 16.6. The lowest BCUT2D eigenvalue weighted by Gasteiger charge is -2.29. The first kappa shape index (κ1) is 22.2. The van der Waals surface area contributed by atoms with E-state index in [1.165, 1.54) is 18.4 Å². The number of anilines is 1. The van der Waals surface area contributed by atoms with Crippen molar-refractivity contribution in [2.24, 2.45) is 0 Å². The van der Waals surface area contributed by atoms with Gasteiger partial charge in [-0.1, -0.05) is 23.5 Å². The van der Waals surface area contributed by atoms with Gasteiger partial charge >= 0.3 is 5.97 Å². The molecule has 1 aliphatic heterocycles. The van der Waals surface area contributed by atoms with Crippen molar-refractivity contribution in [3.63, 3.8) is 0 Å². The van der Waals surface area contributed by atoms with Crippen LogP contribution in [0.2, 0.25) is 0 Å². The molecule has 2 heterocycles. The number of carbonyl (C=O) groups excluding carboxylic acids is 2. The van der Waals surface area contributed by atoms with Gasteiger partial charge in [0.1, 0.15) is 5.75 Å². The minimum Gasteiger partial charge on any atom is -0.497 e. The number of benzene rings is 2. The highest BCUT2D eigenvalue weighted by atomic mass is 32.1. The molecule has 0 radical (unpaired) electrons. The molecule has 0 bridgehead atoms. The fourth-order valence-electron chi connectivity index (χ4n) is 3.59. The van der Waals surface area contributed by atoms with Crippen LogP contribution in [0.25, 0.3) is 10.2 Å². The molecular formula is C23H25N3O5S. The number of ether oxygens (including phenoxy) is 3. The predicted molar refractivity (Wildman–Crippen MR) is 123 cm³/mol. The van der Waals surface area contributed by atoms with Gasteiger partial charge in [-0.3, -0.25) is 14.6 Å². The lowest BCUT2D eigenvalue weighted by Crippen LogP contribution is -2.43. The molecule has 1 aliphatic rings. The summed E-state index contributed by atoms with van der Waals surface area (Å²) in [4.78, 5) is 34.6. The average Bonchev–Trinajstić information content (AvgIpc) is 3.27. The molecule has 0 unspecified atom stereocenters. The number of thiazole rings is 1. The Balaban J connectivity index is 1.69. The van der Waals surface area contributed by atoms with Crippen molar-refractivity contribution in [2.45, 2.75) is 0 Å². The van der Waals surface area contributed by atoms with E-state index >= 15 is 0 Å². The summed E-state index contributed by atoms with van der Waals surface area (Å²) in [5.74, 6) is -0.101. The zero-order valence-electron chi connectivity index (χ0n) is 18.1. The number of nitrogens with zero attached hydrogens (tertiary/aromatic N) is 3. The van der Waals surface area contributed by atoms with Crippen molar-refractivity contribution in [2.75, 3.05) is 58.5 Å². The number of hydrogen-bond acceptors (Lipinski definition) is 8. The van der Waals surface area contributed by atoms with E-state index in [0.717, 1.165) is 29.1 Å². The van der Waals surface area contributed by atoms with Gasteiger partial charge in [0.2, 0.25) is 0 Å². The molecule has 4 rings (SSSR count). The highest BCUT2D eigenvalue weighted by molar-refractivity contribution is 7.22. The van der Waals surface area contributed by atoms with Crippen LogP contribution in [0.5, 0.6) is 5.75 Å². The normalized spacial score (nSPS) is 14.3. The predicted octanol–water partition coefficient (Wildman–Crippen LogP) is 3.07. The fraction of sp³-hybridized carbons (Fsp3) is 0.348. The third kappa shape index (κ3) is 4.74. The minimum atomic E-state index is -0.545. The molecule has 8 nitrogen and oxygen atoms in total. The van der Waals surface area contributed by atoms with E-state index in [-0.39, 0.29) is 17.0 Å². The van der Waals surface area contributed by atoms with Gasteiger partial charge in [-0.2, -0.15) is 0 Å². The number of morpholine rings is 1. The Morgan fingerprint density at radius 3 is 2.59 bits per heavy atom. The topological polar surface area (TPSA) is 81.2 Å². The molecule has 0 aliphatic carbocycles. The second kappa shape index (κ2) is 10.1. The SMILES string of the molecule is COC(=O)c1ccccc1C(=O)N(CCN1CCOCC1)c1nc2ccc(OC)cc2s1. The summed E-state index contributed by atoms with van der Waals surface area (Å²) in [6.07, 6.45) is 0.